The van der Waals surface area contributed by atoms with E-state index >= 15 is 0 Å². The van der Waals surface area contributed by atoms with Crippen LogP contribution >= 0.6 is 11.6 Å². The molecule has 0 aliphatic heterocycles. The zero-order valence-corrected chi connectivity index (χ0v) is 22.8. The molecule has 0 unspecified atom stereocenters. The van der Waals surface area contributed by atoms with Crippen LogP contribution in [-0.4, -0.2) is 36.4 Å². The molecule has 0 atom stereocenters. The summed E-state index contributed by atoms with van der Waals surface area (Å²) in [6.07, 6.45) is 4.46. The molecule has 2 N–H and O–H groups in total. The smallest absolute Gasteiger partial charge is 0.227 e. The van der Waals surface area contributed by atoms with E-state index in [1.807, 2.05) is 65.2 Å². The molecule has 9 heteroatoms. The molecule has 0 amide bonds. The largest absolute Gasteiger partial charge is 0.495 e. The lowest BCUT2D eigenvalue weighted by atomic mass is 10.1. The molecule has 200 valence electrons. The number of rotatable bonds is 7. The normalized spacial score (nSPS) is 11.3. The third kappa shape index (κ3) is 4.85. The van der Waals surface area contributed by atoms with Crippen LogP contribution in [0.3, 0.4) is 0 Å². The van der Waals surface area contributed by atoms with Crippen molar-refractivity contribution < 1.29 is 4.74 Å². The van der Waals surface area contributed by atoms with Gasteiger partial charge in [-0.1, -0.05) is 54.1 Å². The first-order chi connectivity index (χ1) is 20.1. The molecule has 0 radical (unpaired) electrons. The number of aromatic amines is 1. The van der Waals surface area contributed by atoms with E-state index in [9.17, 15) is 0 Å². The number of hydrogen-bond acceptors (Lipinski definition) is 6. The molecule has 0 fully saturated rings. The van der Waals surface area contributed by atoms with Gasteiger partial charge in [0.1, 0.15) is 17.2 Å². The van der Waals surface area contributed by atoms with Gasteiger partial charge in [0.25, 0.3) is 0 Å². The number of benzene rings is 3. The Morgan fingerprint density at radius 3 is 2.66 bits per heavy atom. The van der Waals surface area contributed by atoms with Gasteiger partial charge in [0, 0.05) is 35.5 Å². The van der Waals surface area contributed by atoms with E-state index in [0.717, 1.165) is 51.6 Å². The number of aromatic nitrogens is 6. The standard InChI is InChI=1S/C32H24ClN7O/c1-41-27-19-22(33)11-13-24(27)37-32-34-15-14-25(38-32)31-30(39-29-9-5-6-16-40(29)31)21-10-12-23-26(18-21)36-28(35-23)17-20-7-3-2-4-8-20/h2-16,18-19H,17H2,1H3,(H,35,36)(H,34,37,38). The SMILES string of the molecule is COc1cc(Cl)ccc1Nc1nccc(-c2c(-c3ccc4nc(Cc5ccccc5)[nH]c4c3)nc3ccccn23)n1. The van der Waals surface area contributed by atoms with Crippen LogP contribution in [0, 0.1) is 0 Å². The minimum atomic E-state index is 0.425. The lowest BCUT2D eigenvalue weighted by Gasteiger charge is -2.11. The summed E-state index contributed by atoms with van der Waals surface area (Å²) in [6.45, 7) is 0. The van der Waals surface area contributed by atoms with Crippen molar-refractivity contribution in [3.8, 4) is 28.4 Å². The zero-order chi connectivity index (χ0) is 27.8. The fourth-order valence-corrected chi connectivity index (χ4v) is 5.13. The molecular weight excluding hydrogens is 534 g/mol. The lowest BCUT2D eigenvalue weighted by Crippen LogP contribution is -2.01. The summed E-state index contributed by atoms with van der Waals surface area (Å²) in [4.78, 5) is 22.6. The number of fused-ring (bicyclic) bond motifs is 2. The number of pyridine rings is 1. The van der Waals surface area contributed by atoms with E-state index in [2.05, 4.69) is 39.6 Å². The van der Waals surface area contributed by atoms with Crippen molar-refractivity contribution in [2.24, 2.45) is 0 Å². The molecule has 7 rings (SSSR count). The molecule has 7 aromatic rings. The molecule has 0 aliphatic carbocycles. The minimum absolute atomic E-state index is 0.425. The van der Waals surface area contributed by atoms with E-state index < -0.39 is 0 Å². The van der Waals surface area contributed by atoms with E-state index in [1.54, 1.807) is 25.4 Å². The Morgan fingerprint density at radius 2 is 1.78 bits per heavy atom. The Kier molecular flexibility index (Phi) is 6.29. The van der Waals surface area contributed by atoms with Crippen molar-refractivity contribution in [3.05, 3.63) is 120 Å². The third-order valence-corrected chi connectivity index (χ3v) is 7.09. The number of hydrogen-bond donors (Lipinski definition) is 2. The second-order valence-electron chi connectivity index (χ2n) is 9.55. The molecule has 8 nitrogen and oxygen atoms in total. The van der Waals surface area contributed by atoms with Crippen LogP contribution in [0.1, 0.15) is 11.4 Å². The van der Waals surface area contributed by atoms with Gasteiger partial charge in [-0.25, -0.2) is 19.9 Å². The van der Waals surface area contributed by atoms with Crippen LogP contribution in [0.25, 0.3) is 39.3 Å². The summed E-state index contributed by atoms with van der Waals surface area (Å²) in [7, 11) is 1.60. The molecule has 4 heterocycles. The summed E-state index contributed by atoms with van der Waals surface area (Å²) in [5, 5.41) is 3.84. The van der Waals surface area contributed by atoms with Crippen LogP contribution in [-0.2, 0) is 6.42 Å². The maximum Gasteiger partial charge on any atom is 0.227 e. The maximum atomic E-state index is 6.14. The highest BCUT2D eigenvalue weighted by Gasteiger charge is 2.19. The van der Waals surface area contributed by atoms with Gasteiger partial charge in [-0.3, -0.25) is 4.40 Å². The van der Waals surface area contributed by atoms with Crippen LogP contribution < -0.4 is 10.1 Å². The second kappa shape index (κ2) is 10.4. The van der Waals surface area contributed by atoms with Crippen molar-refractivity contribution in [2.75, 3.05) is 12.4 Å². The minimum Gasteiger partial charge on any atom is -0.495 e. The number of anilines is 2. The predicted molar refractivity (Wildman–Crippen MR) is 162 cm³/mol. The molecule has 0 bridgehead atoms. The molecule has 3 aromatic carbocycles. The molecule has 0 saturated carbocycles. The van der Waals surface area contributed by atoms with Crippen LogP contribution in [0.2, 0.25) is 5.02 Å². The lowest BCUT2D eigenvalue weighted by molar-refractivity contribution is 0.417. The topological polar surface area (TPSA) is 93.0 Å². The van der Waals surface area contributed by atoms with Gasteiger partial charge in [-0.05, 0) is 48.0 Å². The average molecular weight is 558 g/mol. The average Bonchev–Trinajstić information content (AvgIpc) is 3.59. The summed E-state index contributed by atoms with van der Waals surface area (Å²) in [5.41, 5.74) is 7.95. The second-order valence-corrected chi connectivity index (χ2v) is 9.99. The van der Waals surface area contributed by atoms with Gasteiger partial charge in [0.15, 0.2) is 0 Å². The van der Waals surface area contributed by atoms with Gasteiger partial charge in [0.2, 0.25) is 5.95 Å². The van der Waals surface area contributed by atoms with Crippen LogP contribution in [0.5, 0.6) is 5.75 Å². The number of halogens is 1. The number of ether oxygens (including phenoxy) is 1. The maximum absolute atomic E-state index is 6.14. The van der Waals surface area contributed by atoms with Crippen molar-refractivity contribution in [1.82, 2.24) is 29.3 Å². The molecule has 0 saturated heterocycles. The van der Waals surface area contributed by atoms with Gasteiger partial charge in [-0.2, -0.15) is 0 Å². The molecular formula is C32H24ClN7O. The number of H-pyrrole nitrogens is 1. The van der Waals surface area contributed by atoms with Crippen molar-refractivity contribution >= 4 is 39.9 Å². The summed E-state index contributed by atoms with van der Waals surface area (Å²) in [6, 6.07) is 29.7. The Morgan fingerprint density at radius 1 is 0.902 bits per heavy atom. The fraction of sp³-hybridized carbons (Fsp3) is 0.0625. The first-order valence-electron chi connectivity index (χ1n) is 13.1. The predicted octanol–water partition coefficient (Wildman–Crippen LogP) is 7.33. The van der Waals surface area contributed by atoms with Gasteiger partial charge in [-0.15, -0.1) is 0 Å². The summed E-state index contributed by atoms with van der Waals surface area (Å²) >= 11 is 6.14. The Labute approximate surface area is 240 Å². The number of imidazole rings is 2. The van der Waals surface area contributed by atoms with Crippen molar-refractivity contribution in [3.63, 3.8) is 0 Å². The third-order valence-electron chi connectivity index (χ3n) is 6.86. The highest BCUT2D eigenvalue weighted by atomic mass is 35.5. The molecule has 0 spiro atoms. The monoisotopic (exact) mass is 557 g/mol. The number of nitrogens with zero attached hydrogens (tertiary/aromatic N) is 5. The Balaban J connectivity index is 1.29. The van der Waals surface area contributed by atoms with E-state index in [1.165, 1.54) is 5.56 Å². The zero-order valence-electron chi connectivity index (χ0n) is 22.0. The van der Waals surface area contributed by atoms with E-state index in [-0.39, 0.29) is 0 Å². The Bertz CT molecular complexity index is 2020. The molecule has 4 aromatic heterocycles. The first-order valence-corrected chi connectivity index (χ1v) is 13.5. The van der Waals surface area contributed by atoms with Crippen LogP contribution in [0.4, 0.5) is 11.6 Å². The fourth-order valence-electron chi connectivity index (χ4n) is 4.96. The first kappa shape index (κ1) is 24.8. The van der Waals surface area contributed by atoms with E-state index in [4.69, 9.17) is 31.3 Å². The summed E-state index contributed by atoms with van der Waals surface area (Å²) < 4.78 is 7.52. The van der Waals surface area contributed by atoms with Crippen molar-refractivity contribution in [2.45, 2.75) is 6.42 Å². The van der Waals surface area contributed by atoms with Crippen LogP contribution in [0.15, 0.2) is 103 Å². The Hall–Kier alpha value is -5.21. The molecule has 41 heavy (non-hydrogen) atoms. The highest BCUT2D eigenvalue weighted by molar-refractivity contribution is 6.30. The summed E-state index contributed by atoms with van der Waals surface area (Å²) in [5.74, 6) is 1.94. The highest BCUT2D eigenvalue weighted by Crippen LogP contribution is 2.34. The van der Waals surface area contributed by atoms with Crippen molar-refractivity contribution in [1.29, 1.82) is 0 Å². The van der Waals surface area contributed by atoms with E-state index in [0.29, 0.717) is 22.4 Å². The number of methoxy groups -OCH3 is 1. The quantitative estimate of drug-likeness (QED) is 0.213. The molecule has 0 aliphatic rings. The number of nitrogens with one attached hydrogen (secondary N) is 2. The van der Waals surface area contributed by atoms with Gasteiger partial charge < -0.3 is 15.0 Å². The van der Waals surface area contributed by atoms with Gasteiger partial charge >= 0.3 is 0 Å². The van der Waals surface area contributed by atoms with Gasteiger partial charge in [0.05, 0.1) is 40.9 Å².